The summed E-state index contributed by atoms with van der Waals surface area (Å²) < 4.78 is 0. The molecule has 2 rings (SSSR count). The van der Waals surface area contributed by atoms with Crippen molar-refractivity contribution in [1.29, 1.82) is 0 Å². The quantitative estimate of drug-likeness (QED) is 0.618. The van der Waals surface area contributed by atoms with Crippen molar-refractivity contribution in [1.82, 2.24) is 5.32 Å². The molecule has 1 atom stereocenters. The molecule has 1 aromatic carbocycles. The van der Waals surface area contributed by atoms with Gasteiger partial charge in [0.2, 0.25) is 0 Å². The average Bonchev–Trinajstić information content (AvgIpc) is 2.80. The normalized spacial score (nSPS) is 19.2. The molecule has 1 fully saturated rings. The molecule has 5 heteroatoms. The van der Waals surface area contributed by atoms with Crippen LogP contribution < -0.4 is 10.6 Å². The zero-order valence-electron chi connectivity index (χ0n) is 9.90. The van der Waals surface area contributed by atoms with Gasteiger partial charge in [0.1, 0.15) is 5.69 Å². The molecular formula is C12H17N3O2. The van der Waals surface area contributed by atoms with E-state index in [-0.39, 0.29) is 10.6 Å². The number of nitro groups is 1. The Kier molecular flexibility index (Phi) is 3.58. The zero-order chi connectivity index (χ0) is 12.3. The molecule has 1 unspecified atom stereocenters. The third kappa shape index (κ3) is 2.74. The smallest absolute Gasteiger partial charge is 0.292 e. The van der Waals surface area contributed by atoms with E-state index in [0.717, 1.165) is 31.6 Å². The van der Waals surface area contributed by atoms with Crippen LogP contribution in [0.4, 0.5) is 11.4 Å². The van der Waals surface area contributed by atoms with Gasteiger partial charge in [-0.25, -0.2) is 0 Å². The minimum atomic E-state index is -0.331. The number of nitrogens with one attached hydrogen (secondary N) is 2. The first-order chi connectivity index (χ1) is 8.18. The summed E-state index contributed by atoms with van der Waals surface area (Å²) in [6.07, 6.45) is 1.13. The minimum Gasteiger partial charge on any atom is -0.379 e. The van der Waals surface area contributed by atoms with Crippen LogP contribution in [0.5, 0.6) is 0 Å². The van der Waals surface area contributed by atoms with Crippen molar-refractivity contribution in [2.24, 2.45) is 5.92 Å². The predicted octanol–water partition coefficient (Wildman–Crippen LogP) is 1.92. The summed E-state index contributed by atoms with van der Waals surface area (Å²) in [5.41, 5.74) is 1.74. The molecule has 0 saturated carbocycles. The monoisotopic (exact) mass is 235 g/mol. The van der Waals surface area contributed by atoms with E-state index in [2.05, 4.69) is 10.6 Å². The second-order valence-corrected chi connectivity index (χ2v) is 4.47. The highest BCUT2D eigenvalue weighted by Gasteiger charge is 2.18. The minimum absolute atomic E-state index is 0.163. The van der Waals surface area contributed by atoms with Gasteiger partial charge in [-0.15, -0.1) is 0 Å². The molecule has 2 N–H and O–H groups in total. The molecule has 0 bridgehead atoms. The van der Waals surface area contributed by atoms with E-state index in [1.807, 2.05) is 13.0 Å². The molecule has 0 radical (unpaired) electrons. The Morgan fingerprint density at radius 3 is 3.06 bits per heavy atom. The molecule has 0 aliphatic carbocycles. The number of hydrogen-bond acceptors (Lipinski definition) is 4. The molecule has 92 valence electrons. The van der Waals surface area contributed by atoms with Gasteiger partial charge < -0.3 is 10.6 Å². The van der Waals surface area contributed by atoms with E-state index in [9.17, 15) is 10.1 Å². The Morgan fingerprint density at radius 1 is 1.59 bits per heavy atom. The molecule has 17 heavy (non-hydrogen) atoms. The standard InChI is InChI=1S/C12H17N3O2/c1-9-3-2-4-11(15(16)17)12(9)14-8-10-5-6-13-7-10/h2-4,10,13-14H,5-8H2,1H3. The van der Waals surface area contributed by atoms with E-state index in [4.69, 9.17) is 0 Å². The molecular weight excluding hydrogens is 218 g/mol. The fourth-order valence-electron chi connectivity index (χ4n) is 2.17. The molecule has 1 aliphatic rings. The highest BCUT2D eigenvalue weighted by Crippen LogP contribution is 2.28. The fourth-order valence-corrected chi connectivity index (χ4v) is 2.17. The van der Waals surface area contributed by atoms with Crippen LogP contribution in [-0.4, -0.2) is 24.6 Å². The van der Waals surface area contributed by atoms with E-state index < -0.39 is 0 Å². The summed E-state index contributed by atoms with van der Waals surface area (Å²) in [7, 11) is 0. The zero-order valence-corrected chi connectivity index (χ0v) is 9.90. The topological polar surface area (TPSA) is 67.2 Å². The van der Waals surface area contributed by atoms with E-state index >= 15 is 0 Å². The van der Waals surface area contributed by atoms with Gasteiger partial charge in [-0.3, -0.25) is 10.1 Å². The van der Waals surface area contributed by atoms with E-state index in [1.54, 1.807) is 12.1 Å². The molecule has 1 heterocycles. The lowest BCUT2D eigenvalue weighted by molar-refractivity contribution is -0.384. The highest BCUT2D eigenvalue weighted by molar-refractivity contribution is 5.65. The van der Waals surface area contributed by atoms with Gasteiger partial charge >= 0.3 is 0 Å². The van der Waals surface area contributed by atoms with Crippen molar-refractivity contribution in [3.05, 3.63) is 33.9 Å². The number of nitro benzene ring substituents is 1. The van der Waals surface area contributed by atoms with E-state index in [0.29, 0.717) is 11.6 Å². The first-order valence-electron chi connectivity index (χ1n) is 5.87. The number of benzene rings is 1. The van der Waals surface area contributed by atoms with Crippen LogP contribution in [-0.2, 0) is 0 Å². The maximum absolute atomic E-state index is 10.9. The summed E-state index contributed by atoms with van der Waals surface area (Å²) >= 11 is 0. The molecule has 0 aromatic heterocycles. The first-order valence-corrected chi connectivity index (χ1v) is 5.87. The largest absolute Gasteiger partial charge is 0.379 e. The number of nitrogens with zero attached hydrogens (tertiary/aromatic N) is 1. The van der Waals surface area contributed by atoms with Gasteiger partial charge in [-0.2, -0.15) is 0 Å². The third-order valence-corrected chi connectivity index (χ3v) is 3.18. The van der Waals surface area contributed by atoms with Crippen LogP contribution in [0, 0.1) is 23.0 Å². The highest BCUT2D eigenvalue weighted by atomic mass is 16.6. The average molecular weight is 235 g/mol. The summed E-state index contributed by atoms with van der Waals surface area (Å²) in [5.74, 6) is 0.564. The fraction of sp³-hybridized carbons (Fsp3) is 0.500. The van der Waals surface area contributed by atoms with Crippen LogP contribution in [0.25, 0.3) is 0 Å². The number of hydrogen-bond donors (Lipinski definition) is 2. The lowest BCUT2D eigenvalue weighted by atomic mass is 10.1. The van der Waals surface area contributed by atoms with Gasteiger partial charge in [0.05, 0.1) is 4.92 Å². The van der Waals surface area contributed by atoms with Crippen LogP contribution >= 0.6 is 0 Å². The Balaban J connectivity index is 2.10. The third-order valence-electron chi connectivity index (χ3n) is 3.18. The number of rotatable bonds is 4. The van der Waals surface area contributed by atoms with Gasteiger partial charge in [0.25, 0.3) is 5.69 Å². The van der Waals surface area contributed by atoms with Gasteiger partial charge in [0.15, 0.2) is 0 Å². The molecule has 0 amide bonds. The van der Waals surface area contributed by atoms with Crippen molar-refractivity contribution in [3.8, 4) is 0 Å². The number of para-hydroxylation sites is 1. The Labute approximate surface area is 100 Å². The summed E-state index contributed by atoms with van der Waals surface area (Å²) in [4.78, 5) is 10.6. The molecule has 1 aromatic rings. The number of anilines is 1. The van der Waals surface area contributed by atoms with Gasteiger partial charge in [-0.05, 0) is 37.9 Å². The number of aryl methyl sites for hydroxylation is 1. The molecule has 5 nitrogen and oxygen atoms in total. The van der Waals surface area contributed by atoms with Gasteiger partial charge in [-0.1, -0.05) is 12.1 Å². The predicted molar refractivity (Wildman–Crippen MR) is 67.3 cm³/mol. The molecule has 1 saturated heterocycles. The Hall–Kier alpha value is -1.62. The maximum atomic E-state index is 10.9. The van der Waals surface area contributed by atoms with Crippen LogP contribution in [0.2, 0.25) is 0 Å². The lowest BCUT2D eigenvalue weighted by Gasteiger charge is -2.13. The summed E-state index contributed by atoms with van der Waals surface area (Å²) in [5, 5.41) is 17.4. The SMILES string of the molecule is Cc1cccc([N+](=O)[O-])c1NCC1CCNC1. The van der Waals surface area contributed by atoms with Crippen LogP contribution in [0.3, 0.4) is 0 Å². The van der Waals surface area contributed by atoms with Crippen molar-refractivity contribution >= 4 is 11.4 Å². The second kappa shape index (κ2) is 5.14. The van der Waals surface area contributed by atoms with Crippen LogP contribution in [0.15, 0.2) is 18.2 Å². The lowest BCUT2D eigenvalue weighted by Crippen LogP contribution is -2.18. The Morgan fingerprint density at radius 2 is 2.41 bits per heavy atom. The molecule has 0 spiro atoms. The van der Waals surface area contributed by atoms with Crippen molar-refractivity contribution in [2.45, 2.75) is 13.3 Å². The summed E-state index contributed by atoms with van der Waals surface area (Å²) in [6.45, 7) is 4.72. The summed E-state index contributed by atoms with van der Waals surface area (Å²) in [6, 6.07) is 5.15. The second-order valence-electron chi connectivity index (χ2n) is 4.47. The van der Waals surface area contributed by atoms with Crippen molar-refractivity contribution in [3.63, 3.8) is 0 Å². The van der Waals surface area contributed by atoms with Crippen molar-refractivity contribution < 1.29 is 4.92 Å². The first kappa shape index (κ1) is 11.9. The van der Waals surface area contributed by atoms with Crippen LogP contribution in [0.1, 0.15) is 12.0 Å². The Bertz CT molecular complexity index is 414. The van der Waals surface area contributed by atoms with E-state index in [1.165, 1.54) is 0 Å². The maximum Gasteiger partial charge on any atom is 0.292 e. The molecule has 1 aliphatic heterocycles. The van der Waals surface area contributed by atoms with Crippen molar-refractivity contribution in [2.75, 3.05) is 25.0 Å². The van der Waals surface area contributed by atoms with Gasteiger partial charge in [0, 0.05) is 12.6 Å².